The van der Waals surface area contributed by atoms with Crippen LogP contribution in [0.3, 0.4) is 0 Å². The third-order valence-electron chi connectivity index (χ3n) is 2.14. The molecule has 0 spiro atoms. The fourth-order valence-corrected chi connectivity index (χ4v) is 2.10. The molecule has 19 heavy (non-hydrogen) atoms. The van der Waals surface area contributed by atoms with Crippen LogP contribution in [-0.4, -0.2) is 33.9 Å². The molecular weight excluding hydrogens is 273 g/mol. The number of carbonyl (C=O) groups is 3. The van der Waals surface area contributed by atoms with Crippen molar-refractivity contribution in [2.24, 2.45) is 0 Å². The van der Waals surface area contributed by atoms with Gasteiger partial charge < -0.3 is 10.4 Å². The Labute approximate surface area is 113 Å². The van der Waals surface area contributed by atoms with Crippen LogP contribution in [0.2, 0.25) is 0 Å². The number of thioether (sulfide) groups is 1. The first kappa shape index (κ1) is 15.2. The topological polar surface area (TPSA) is 83.5 Å². The van der Waals surface area contributed by atoms with Crippen molar-refractivity contribution < 1.29 is 23.9 Å². The Morgan fingerprint density at radius 1 is 1.32 bits per heavy atom. The fraction of sp³-hybridized carbons (Fsp3) is 0.250. The van der Waals surface area contributed by atoms with E-state index >= 15 is 0 Å². The van der Waals surface area contributed by atoms with Gasteiger partial charge in [-0.1, -0.05) is 11.8 Å². The molecule has 0 aliphatic rings. The Kier molecular flexibility index (Phi) is 5.50. The van der Waals surface area contributed by atoms with Crippen LogP contribution < -0.4 is 5.32 Å². The zero-order chi connectivity index (χ0) is 14.4. The normalized spacial score (nSPS) is 11.7. The number of carbonyl (C=O) groups excluding carboxylic acids is 2. The van der Waals surface area contributed by atoms with Gasteiger partial charge in [0.25, 0.3) is 0 Å². The molecule has 0 bridgehead atoms. The van der Waals surface area contributed by atoms with E-state index in [9.17, 15) is 18.8 Å². The minimum Gasteiger partial charge on any atom is -0.480 e. The van der Waals surface area contributed by atoms with Gasteiger partial charge in [-0.15, -0.1) is 0 Å². The molecule has 1 amide bonds. The quantitative estimate of drug-likeness (QED) is 0.851. The monoisotopic (exact) mass is 285 g/mol. The van der Waals surface area contributed by atoms with Crippen LogP contribution in [0.25, 0.3) is 0 Å². The Bertz CT molecular complexity index is 489. The molecule has 102 valence electrons. The van der Waals surface area contributed by atoms with E-state index in [2.05, 4.69) is 5.32 Å². The maximum atomic E-state index is 12.7. The van der Waals surface area contributed by atoms with Crippen LogP contribution in [0, 0.1) is 5.82 Å². The van der Waals surface area contributed by atoms with Crippen LogP contribution in [0.1, 0.15) is 17.3 Å². The van der Waals surface area contributed by atoms with E-state index in [-0.39, 0.29) is 16.4 Å². The number of nitrogens with one attached hydrogen (secondary N) is 1. The molecule has 5 nitrogen and oxygen atoms in total. The predicted octanol–water partition coefficient (Wildman–Crippen LogP) is 1.29. The molecule has 1 rings (SSSR count). The second kappa shape index (κ2) is 6.89. The lowest BCUT2D eigenvalue weighted by Gasteiger charge is -2.11. The van der Waals surface area contributed by atoms with Gasteiger partial charge in [0.15, 0.2) is 0 Å². The highest BCUT2D eigenvalue weighted by atomic mass is 32.2. The maximum Gasteiger partial charge on any atom is 0.327 e. The highest BCUT2D eigenvalue weighted by molar-refractivity contribution is 8.14. The summed E-state index contributed by atoms with van der Waals surface area (Å²) in [5.41, 5.74) is 0.276. The van der Waals surface area contributed by atoms with Crippen LogP contribution >= 0.6 is 11.8 Å². The van der Waals surface area contributed by atoms with Gasteiger partial charge in [0.05, 0.1) is 0 Å². The third-order valence-corrected chi connectivity index (χ3v) is 3.13. The standard InChI is InChI=1S/C12H12FNO4S/c1-7(15)14-10(11(16)17)6-19-12(18)8-2-4-9(13)5-3-8/h2-5,10H,6H2,1H3,(H,14,15)(H,16,17)/t10-/m0/s1. The first-order chi connectivity index (χ1) is 8.90. The van der Waals surface area contributed by atoms with E-state index in [1.165, 1.54) is 19.1 Å². The molecule has 0 radical (unpaired) electrons. The summed E-state index contributed by atoms with van der Waals surface area (Å²) in [7, 11) is 0. The van der Waals surface area contributed by atoms with Gasteiger partial charge in [-0.2, -0.15) is 0 Å². The Morgan fingerprint density at radius 3 is 2.37 bits per heavy atom. The number of hydrogen-bond acceptors (Lipinski definition) is 4. The van der Waals surface area contributed by atoms with Crippen molar-refractivity contribution in [3.8, 4) is 0 Å². The smallest absolute Gasteiger partial charge is 0.327 e. The number of carboxylic acid groups (broad SMARTS) is 1. The van der Waals surface area contributed by atoms with E-state index in [0.717, 1.165) is 23.9 Å². The van der Waals surface area contributed by atoms with Gasteiger partial charge in [0, 0.05) is 18.2 Å². The number of aliphatic carboxylic acids is 1. The van der Waals surface area contributed by atoms with Gasteiger partial charge in [-0.25, -0.2) is 9.18 Å². The molecule has 0 aromatic heterocycles. The van der Waals surface area contributed by atoms with Crippen LogP contribution in [0.5, 0.6) is 0 Å². The highest BCUT2D eigenvalue weighted by Gasteiger charge is 2.20. The summed E-state index contributed by atoms with van der Waals surface area (Å²) in [4.78, 5) is 33.3. The summed E-state index contributed by atoms with van der Waals surface area (Å²) in [5, 5.41) is 10.7. The summed E-state index contributed by atoms with van der Waals surface area (Å²) >= 11 is 0.757. The van der Waals surface area contributed by atoms with E-state index in [0.29, 0.717) is 0 Å². The molecule has 0 aliphatic heterocycles. The molecule has 0 unspecified atom stereocenters. The number of hydrogen-bond donors (Lipinski definition) is 2. The molecule has 1 aromatic carbocycles. The Hall–Kier alpha value is -1.89. The fourth-order valence-electron chi connectivity index (χ4n) is 1.25. The minimum atomic E-state index is -1.21. The second-order valence-corrected chi connectivity index (χ2v) is 4.69. The largest absolute Gasteiger partial charge is 0.480 e. The van der Waals surface area contributed by atoms with E-state index in [1.807, 2.05) is 0 Å². The zero-order valence-electron chi connectivity index (χ0n) is 10.1. The molecule has 7 heteroatoms. The average Bonchev–Trinajstić information content (AvgIpc) is 2.34. The third kappa shape index (κ3) is 5.09. The van der Waals surface area contributed by atoms with Gasteiger partial charge in [-0.05, 0) is 24.3 Å². The van der Waals surface area contributed by atoms with Gasteiger partial charge in [0.1, 0.15) is 11.9 Å². The van der Waals surface area contributed by atoms with E-state index in [4.69, 9.17) is 5.11 Å². The summed E-state index contributed by atoms with van der Waals surface area (Å²) in [5.74, 6) is -2.24. The Balaban J connectivity index is 2.59. The lowest BCUT2D eigenvalue weighted by Crippen LogP contribution is -2.41. The van der Waals surface area contributed by atoms with Crippen LogP contribution in [-0.2, 0) is 9.59 Å². The van der Waals surface area contributed by atoms with Crippen molar-refractivity contribution >= 4 is 28.8 Å². The maximum absolute atomic E-state index is 12.7. The number of halogens is 1. The number of carboxylic acids is 1. The summed E-state index contributed by atoms with van der Waals surface area (Å²) in [6.45, 7) is 1.20. The van der Waals surface area contributed by atoms with Crippen LogP contribution in [0.4, 0.5) is 4.39 Å². The lowest BCUT2D eigenvalue weighted by atomic mass is 10.2. The van der Waals surface area contributed by atoms with Gasteiger partial charge in [-0.3, -0.25) is 9.59 Å². The molecular formula is C12H12FNO4S. The predicted molar refractivity (Wildman–Crippen MR) is 68.4 cm³/mol. The zero-order valence-corrected chi connectivity index (χ0v) is 10.9. The molecule has 0 heterocycles. The molecule has 1 atom stereocenters. The first-order valence-corrected chi connectivity index (χ1v) is 6.31. The molecule has 0 saturated carbocycles. The molecule has 0 fully saturated rings. The summed E-state index contributed by atoms with van der Waals surface area (Å²) < 4.78 is 12.7. The SMILES string of the molecule is CC(=O)N[C@@H](CSC(=O)c1ccc(F)cc1)C(=O)O. The van der Waals surface area contributed by atoms with Gasteiger partial charge >= 0.3 is 5.97 Å². The number of amides is 1. The number of benzene rings is 1. The van der Waals surface area contributed by atoms with Crippen molar-refractivity contribution in [1.82, 2.24) is 5.32 Å². The highest BCUT2D eigenvalue weighted by Crippen LogP contribution is 2.14. The Morgan fingerprint density at radius 2 is 1.89 bits per heavy atom. The van der Waals surface area contributed by atoms with Crippen molar-refractivity contribution in [2.75, 3.05) is 5.75 Å². The molecule has 2 N–H and O–H groups in total. The number of rotatable bonds is 5. The molecule has 0 saturated heterocycles. The van der Waals surface area contributed by atoms with Gasteiger partial charge in [0.2, 0.25) is 11.0 Å². The van der Waals surface area contributed by atoms with E-state index < -0.39 is 23.7 Å². The van der Waals surface area contributed by atoms with Crippen molar-refractivity contribution in [2.45, 2.75) is 13.0 Å². The lowest BCUT2D eigenvalue weighted by molar-refractivity contribution is -0.140. The summed E-state index contributed by atoms with van der Waals surface area (Å²) in [6.07, 6.45) is 0. The minimum absolute atomic E-state index is 0.0921. The van der Waals surface area contributed by atoms with Crippen molar-refractivity contribution in [1.29, 1.82) is 0 Å². The van der Waals surface area contributed by atoms with Crippen LogP contribution in [0.15, 0.2) is 24.3 Å². The second-order valence-electron chi connectivity index (χ2n) is 3.70. The van der Waals surface area contributed by atoms with Crippen molar-refractivity contribution in [3.63, 3.8) is 0 Å². The van der Waals surface area contributed by atoms with Crippen molar-refractivity contribution in [3.05, 3.63) is 35.6 Å². The molecule has 1 aromatic rings. The molecule has 0 aliphatic carbocycles. The first-order valence-electron chi connectivity index (χ1n) is 5.32. The van der Waals surface area contributed by atoms with E-state index in [1.54, 1.807) is 0 Å². The summed E-state index contributed by atoms with van der Waals surface area (Å²) in [6, 6.07) is 3.80. The average molecular weight is 285 g/mol.